The highest BCUT2D eigenvalue weighted by atomic mass is 19.3. The summed E-state index contributed by atoms with van der Waals surface area (Å²) < 4.78 is 28.6. The molecular weight excluding hydrogens is 200 g/mol. The zero-order valence-electron chi connectivity index (χ0n) is 7.78. The van der Waals surface area contributed by atoms with Crippen LogP contribution in [0.3, 0.4) is 0 Å². The fourth-order valence-electron chi connectivity index (χ4n) is 1.46. The molecule has 2 nitrogen and oxygen atoms in total. The highest BCUT2D eigenvalue weighted by Gasteiger charge is 2.07. The summed E-state index contributed by atoms with van der Waals surface area (Å²) in [4.78, 5) is 0. The number of fused-ring (bicyclic) bond motifs is 1. The smallest absolute Gasteiger partial charge is 0.387 e. The second kappa shape index (κ2) is 3.73. The van der Waals surface area contributed by atoms with E-state index in [1.165, 1.54) is 6.07 Å². The van der Waals surface area contributed by atoms with Crippen LogP contribution in [0, 0.1) is 0 Å². The van der Waals surface area contributed by atoms with Crippen LogP contribution in [0.25, 0.3) is 10.8 Å². The minimum atomic E-state index is -2.82. The van der Waals surface area contributed by atoms with Crippen molar-refractivity contribution in [2.45, 2.75) is 6.61 Å². The summed E-state index contributed by atoms with van der Waals surface area (Å²) in [5.41, 5.74) is 6.10. The predicted octanol–water partition coefficient (Wildman–Crippen LogP) is 3.02. The number of hydrogen-bond donors (Lipinski definition) is 1. The van der Waals surface area contributed by atoms with Gasteiger partial charge in [-0.3, -0.25) is 0 Å². The van der Waals surface area contributed by atoms with Crippen molar-refractivity contribution in [1.82, 2.24) is 0 Å². The fraction of sp³-hybridized carbons (Fsp3) is 0.0909. The van der Waals surface area contributed by atoms with Crippen molar-refractivity contribution in [3.05, 3.63) is 36.4 Å². The minimum Gasteiger partial charge on any atom is -0.434 e. The number of nitrogens with two attached hydrogens (primary N) is 1. The fourth-order valence-corrected chi connectivity index (χ4v) is 1.46. The van der Waals surface area contributed by atoms with Crippen LogP contribution in [0.1, 0.15) is 0 Å². The molecular formula is C11H9F2NO. The largest absolute Gasteiger partial charge is 0.434 e. The summed E-state index contributed by atoms with van der Waals surface area (Å²) in [5.74, 6) is 0.148. The maximum atomic E-state index is 12.1. The summed E-state index contributed by atoms with van der Waals surface area (Å²) >= 11 is 0. The number of rotatable bonds is 2. The van der Waals surface area contributed by atoms with E-state index in [0.29, 0.717) is 11.1 Å². The zero-order chi connectivity index (χ0) is 10.8. The first-order valence-corrected chi connectivity index (χ1v) is 4.40. The number of halogens is 2. The molecule has 4 heteroatoms. The molecule has 0 unspecified atom stereocenters. The lowest BCUT2D eigenvalue weighted by Gasteiger charge is -2.08. The Kier molecular flexibility index (Phi) is 2.41. The molecule has 0 radical (unpaired) electrons. The van der Waals surface area contributed by atoms with Gasteiger partial charge in [-0.2, -0.15) is 8.78 Å². The number of benzene rings is 2. The van der Waals surface area contributed by atoms with Crippen molar-refractivity contribution < 1.29 is 13.5 Å². The van der Waals surface area contributed by atoms with Gasteiger partial charge < -0.3 is 10.5 Å². The predicted molar refractivity (Wildman–Crippen MR) is 55.0 cm³/mol. The number of ether oxygens (including phenoxy) is 1. The van der Waals surface area contributed by atoms with Crippen LogP contribution in [0.2, 0.25) is 0 Å². The van der Waals surface area contributed by atoms with E-state index in [0.717, 1.165) is 5.39 Å². The molecule has 0 atom stereocenters. The van der Waals surface area contributed by atoms with E-state index in [1.807, 2.05) is 6.07 Å². The Bertz CT molecular complexity index is 485. The Morgan fingerprint density at radius 1 is 1.13 bits per heavy atom. The number of anilines is 1. The van der Waals surface area contributed by atoms with Gasteiger partial charge in [-0.25, -0.2) is 0 Å². The highest BCUT2D eigenvalue weighted by molar-refractivity contribution is 5.90. The van der Waals surface area contributed by atoms with Gasteiger partial charge >= 0.3 is 6.61 Å². The number of alkyl halides is 2. The number of hydrogen-bond acceptors (Lipinski definition) is 2. The average Bonchev–Trinajstić information content (AvgIpc) is 2.18. The van der Waals surface area contributed by atoms with E-state index >= 15 is 0 Å². The molecule has 0 spiro atoms. The molecule has 0 amide bonds. The molecule has 2 aromatic carbocycles. The molecule has 0 aliphatic heterocycles. The summed E-state index contributed by atoms with van der Waals surface area (Å²) in [5, 5.41) is 1.42. The van der Waals surface area contributed by atoms with Crippen LogP contribution >= 0.6 is 0 Å². The molecule has 0 aromatic heterocycles. The van der Waals surface area contributed by atoms with Crippen molar-refractivity contribution in [3.63, 3.8) is 0 Å². The molecule has 0 fully saturated rings. The van der Waals surface area contributed by atoms with Gasteiger partial charge in [0.05, 0.1) is 0 Å². The SMILES string of the molecule is Nc1ccc2cccc(OC(F)F)c2c1. The van der Waals surface area contributed by atoms with Gasteiger partial charge in [-0.15, -0.1) is 0 Å². The Hall–Kier alpha value is -1.84. The third-order valence-electron chi connectivity index (χ3n) is 2.08. The minimum absolute atomic E-state index is 0.148. The van der Waals surface area contributed by atoms with Crippen LogP contribution in [-0.2, 0) is 0 Å². The van der Waals surface area contributed by atoms with E-state index in [9.17, 15) is 8.78 Å². The van der Waals surface area contributed by atoms with Crippen LogP contribution < -0.4 is 10.5 Å². The molecule has 2 rings (SSSR count). The second-order valence-corrected chi connectivity index (χ2v) is 3.12. The lowest BCUT2D eigenvalue weighted by atomic mass is 10.1. The van der Waals surface area contributed by atoms with Gasteiger partial charge in [0.15, 0.2) is 0 Å². The van der Waals surface area contributed by atoms with E-state index in [4.69, 9.17) is 5.73 Å². The van der Waals surface area contributed by atoms with Crippen LogP contribution in [0.4, 0.5) is 14.5 Å². The van der Waals surface area contributed by atoms with Crippen molar-refractivity contribution in [3.8, 4) is 5.75 Å². The lowest BCUT2D eigenvalue weighted by Crippen LogP contribution is -2.02. The normalized spacial score (nSPS) is 10.9. The molecule has 0 bridgehead atoms. The van der Waals surface area contributed by atoms with Crippen LogP contribution in [-0.4, -0.2) is 6.61 Å². The van der Waals surface area contributed by atoms with Gasteiger partial charge in [0.2, 0.25) is 0 Å². The van der Waals surface area contributed by atoms with Crippen LogP contribution in [0.15, 0.2) is 36.4 Å². The molecule has 2 aromatic rings. The van der Waals surface area contributed by atoms with Gasteiger partial charge in [0, 0.05) is 11.1 Å². The van der Waals surface area contributed by atoms with E-state index in [1.54, 1.807) is 24.3 Å². The Balaban J connectivity index is 2.58. The Morgan fingerprint density at radius 3 is 2.67 bits per heavy atom. The van der Waals surface area contributed by atoms with Gasteiger partial charge in [0.25, 0.3) is 0 Å². The average molecular weight is 209 g/mol. The van der Waals surface area contributed by atoms with Crippen molar-refractivity contribution in [1.29, 1.82) is 0 Å². The molecule has 0 aliphatic rings. The summed E-state index contributed by atoms with van der Waals surface area (Å²) in [7, 11) is 0. The lowest BCUT2D eigenvalue weighted by molar-refractivity contribution is -0.0487. The first-order chi connectivity index (χ1) is 7.16. The molecule has 15 heavy (non-hydrogen) atoms. The van der Waals surface area contributed by atoms with E-state index in [2.05, 4.69) is 4.74 Å². The third kappa shape index (κ3) is 1.98. The van der Waals surface area contributed by atoms with Crippen LogP contribution in [0.5, 0.6) is 5.75 Å². The summed E-state index contributed by atoms with van der Waals surface area (Å²) in [6.45, 7) is -2.82. The van der Waals surface area contributed by atoms with E-state index in [-0.39, 0.29) is 5.75 Å². The monoisotopic (exact) mass is 209 g/mol. The van der Waals surface area contributed by atoms with Crippen molar-refractivity contribution in [2.24, 2.45) is 0 Å². The summed E-state index contributed by atoms with van der Waals surface area (Å²) in [6.07, 6.45) is 0. The topological polar surface area (TPSA) is 35.2 Å². The van der Waals surface area contributed by atoms with E-state index < -0.39 is 6.61 Å². The third-order valence-corrected chi connectivity index (χ3v) is 2.08. The molecule has 0 aliphatic carbocycles. The highest BCUT2D eigenvalue weighted by Crippen LogP contribution is 2.28. The van der Waals surface area contributed by atoms with Crippen molar-refractivity contribution >= 4 is 16.5 Å². The maximum Gasteiger partial charge on any atom is 0.387 e. The van der Waals surface area contributed by atoms with Gasteiger partial charge in [-0.1, -0.05) is 18.2 Å². The van der Waals surface area contributed by atoms with Gasteiger partial charge in [-0.05, 0) is 23.6 Å². The Morgan fingerprint density at radius 2 is 1.93 bits per heavy atom. The van der Waals surface area contributed by atoms with Gasteiger partial charge in [0.1, 0.15) is 5.75 Å². The summed E-state index contributed by atoms with van der Waals surface area (Å²) in [6, 6.07) is 10.1. The first kappa shape index (κ1) is 9.71. The molecule has 0 saturated heterocycles. The van der Waals surface area contributed by atoms with Crippen molar-refractivity contribution in [2.75, 3.05) is 5.73 Å². The maximum absolute atomic E-state index is 12.1. The molecule has 2 N–H and O–H groups in total. The first-order valence-electron chi connectivity index (χ1n) is 4.40. The zero-order valence-corrected chi connectivity index (χ0v) is 7.78. The molecule has 78 valence electrons. The number of nitrogen functional groups attached to an aromatic ring is 1. The quantitative estimate of drug-likeness (QED) is 0.771. The standard InChI is InChI=1S/C11H9F2NO/c12-11(13)15-10-3-1-2-7-4-5-8(14)6-9(7)10/h1-6,11H,14H2. The second-order valence-electron chi connectivity index (χ2n) is 3.12. The molecule has 0 saturated carbocycles. The Labute approximate surface area is 85.3 Å². The molecule has 0 heterocycles.